The van der Waals surface area contributed by atoms with Crippen LogP contribution in [0.2, 0.25) is 0 Å². The van der Waals surface area contributed by atoms with Crippen LogP contribution in [0.3, 0.4) is 0 Å². The third-order valence-electron chi connectivity index (χ3n) is 3.94. The van der Waals surface area contributed by atoms with Crippen molar-refractivity contribution in [3.63, 3.8) is 0 Å². The van der Waals surface area contributed by atoms with Gasteiger partial charge in [0, 0.05) is 0 Å². The zero-order chi connectivity index (χ0) is 13.1. The summed E-state index contributed by atoms with van der Waals surface area (Å²) in [5.41, 5.74) is 0.834. The van der Waals surface area contributed by atoms with Gasteiger partial charge >= 0.3 is 0 Å². The fraction of sp³-hybridized carbons (Fsp3) is 0.600. The van der Waals surface area contributed by atoms with Gasteiger partial charge in [0.25, 0.3) is 0 Å². The van der Waals surface area contributed by atoms with E-state index in [2.05, 4.69) is 6.92 Å². The molecule has 1 aliphatic carbocycles. The van der Waals surface area contributed by atoms with Gasteiger partial charge in [-0.15, -0.1) is 0 Å². The Hall–Kier alpha value is -1.09. The first-order valence-corrected chi connectivity index (χ1v) is 6.60. The number of aliphatic hydroxyl groups excluding tert-OH is 1. The van der Waals surface area contributed by atoms with Crippen LogP contribution in [0, 0.1) is 17.7 Å². The molecule has 0 amide bonds. The molecule has 3 heteroatoms. The van der Waals surface area contributed by atoms with Gasteiger partial charge in [0.05, 0.1) is 13.2 Å². The lowest BCUT2D eigenvalue weighted by atomic mass is 9.94. The average Bonchev–Trinajstić information content (AvgIpc) is 2.76. The van der Waals surface area contributed by atoms with Crippen LogP contribution in [-0.2, 0) is 6.42 Å². The van der Waals surface area contributed by atoms with E-state index < -0.39 is 0 Å². The maximum Gasteiger partial charge on any atom is 0.165 e. The van der Waals surface area contributed by atoms with Gasteiger partial charge < -0.3 is 9.84 Å². The van der Waals surface area contributed by atoms with E-state index in [0.29, 0.717) is 18.3 Å². The largest absolute Gasteiger partial charge is 0.494 e. The van der Waals surface area contributed by atoms with Crippen molar-refractivity contribution < 1.29 is 14.2 Å². The Morgan fingerprint density at radius 3 is 2.78 bits per heavy atom. The summed E-state index contributed by atoms with van der Waals surface area (Å²) in [6.07, 6.45) is 3.53. The van der Waals surface area contributed by atoms with Crippen molar-refractivity contribution >= 4 is 0 Å². The molecule has 100 valence electrons. The Bertz CT molecular complexity index is 405. The molecule has 0 aliphatic heterocycles. The molecule has 0 heterocycles. The minimum atomic E-state index is -0.359. The van der Waals surface area contributed by atoms with Gasteiger partial charge in [-0.05, 0) is 48.8 Å². The van der Waals surface area contributed by atoms with Crippen LogP contribution < -0.4 is 4.74 Å². The molecule has 1 fully saturated rings. The van der Waals surface area contributed by atoms with Crippen molar-refractivity contribution in [2.24, 2.45) is 11.8 Å². The zero-order valence-electron chi connectivity index (χ0n) is 11.0. The number of halogens is 1. The Balaban J connectivity index is 1.98. The second-order valence-electron chi connectivity index (χ2n) is 5.42. The lowest BCUT2D eigenvalue weighted by Crippen LogP contribution is -2.20. The van der Waals surface area contributed by atoms with Crippen LogP contribution in [0.25, 0.3) is 0 Å². The molecular weight excluding hydrogens is 231 g/mol. The lowest BCUT2D eigenvalue weighted by Gasteiger charge is -2.18. The van der Waals surface area contributed by atoms with E-state index in [4.69, 9.17) is 4.74 Å². The Morgan fingerprint density at radius 1 is 1.44 bits per heavy atom. The predicted molar refractivity (Wildman–Crippen MR) is 69.2 cm³/mol. The first-order chi connectivity index (χ1) is 8.60. The summed E-state index contributed by atoms with van der Waals surface area (Å²) in [6.45, 7) is 2.22. The van der Waals surface area contributed by atoms with E-state index in [9.17, 15) is 9.50 Å². The average molecular weight is 252 g/mol. The second-order valence-corrected chi connectivity index (χ2v) is 5.42. The molecule has 18 heavy (non-hydrogen) atoms. The van der Waals surface area contributed by atoms with Gasteiger partial charge in [0.15, 0.2) is 11.6 Å². The van der Waals surface area contributed by atoms with E-state index in [0.717, 1.165) is 18.4 Å². The molecule has 1 saturated carbocycles. The first-order valence-electron chi connectivity index (χ1n) is 6.60. The van der Waals surface area contributed by atoms with Crippen LogP contribution in [0.1, 0.15) is 31.7 Å². The number of methoxy groups -OCH3 is 1. The van der Waals surface area contributed by atoms with Gasteiger partial charge in [-0.25, -0.2) is 4.39 Å². The number of rotatable bonds is 4. The quantitative estimate of drug-likeness (QED) is 0.891. The topological polar surface area (TPSA) is 29.5 Å². The van der Waals surface area contributed by atoms with E-state index in [1.807, 2.05) is 6.07 Å². The number of ether oxygens (including phenoxy) is 1. The fourth-order valence-electron chi connectivity index (χ4n) is 2.85. The molecule has 2 nitrogen and oxygen atoms in total. The SMILES string of the molecule is COc1ccc(CC(O)C2CCC(C)C2)cc1F. The van der Waals surface area contributed by atoms with Crippen LogP contribution in [0.5, 0.6) is 5.75 Å². The van der Waals surface area contributed by atoms with Crippen LogP contribution in [0.15, 0.2) is 18.2 Å². The molecular formula is C15H21FO2. The van der Waals surface area contributed by atoms with Crippen LogP contribution in [-0.4, -0.2) is 18.3 Å². The van der Waals surface area contributed by atoms with Gasteiger partial charge in [-0.3, -0.25) is 0 Å². The molecule has 1 aromatic carbocycles. The highest BCUT2D eigenvalue weighted by atomic mass is 19.1. The van der Waals surface area contributed by atoms with Crippen molar-refractivity contribution in [3.05, 3.63) is 29.6 Å². The summed E-state index contributed by atoms with van der Waals surface area (Å²) in [7, 11) is 1.45. The molecule has 1 N–H and O–H groups in total. The summed E-state index contributed by atoms with van der Waals surface area (Å²) >= 11 is 0. The highest BCUT2D eigenvalue weighted by Gasteiger charge is 2.27. The van der Waals surface area contributed by atoms with Crippen molar-refractivity contribution in [1.29, 1.82) is 0 Å². The summed E-state index contributed by atoms with van der Waals surface area (Å²) in [5.74, 6) is 0.965. The van der Waals surface area contributed by atoms with Crippen molar-refractivity contribution in [2.75, 3.05) is 7.11 Å². The van der Waals surface area contributed by atoms with E-state index in [1.54, 1.807) is 6.07 Å². The molecule has 0 spiro atoms. The minimum absolute atomic E-state index is 0.253. The number of benzene rings is 1. The van der Waals surface area contributed by atoms with Gasteiger partial charge in [0.2, 0.25) is 0 Å². The molecule has 0 aromatic heterocycles. The van der Waals surface area contributed by atoms with Gasteiger partial charge in [-0.1, -0.05) is 19.4 Å². The summed E-state index contributed by atoms with van der Waals surface area (Å²) < 4.78 is 18.4. The van der Waals surface area contributed by atoms with E-state index in [1.165, 1.54) is 19.6 Å². The number of hydrogen-bond acceptors (Lipinski definition) is 2. The molecule has 3 unspecified atom stereocenters. The summed E-state index contributed by atoms with van der Waals surface area (Å²) in [6, 6.07) is 4.90. The molecule has 2 rings (SSSR count). The van der Waals surface area contributed by atoms with Gasteiger partial charge in [0.1, 0.15) is 0 Å². The zero-order valence-corrected chi connectivity index (χ0v) is 11.0. The van der Waals surface area contributed by atoms with Gasteiger partial charge in [-0.2, -0.15) is 0 Å². The first kappa shape index (κ1) is 13.3. The maximum atomic E-state index is 13.5. The fourth-order valence-corrected chi connectivity index (χ4v) is 2.85. The molecule has 0 saturated heterocycles. The molecule has 3 atom stereocenters. The highest BCUT2D eigenvalue weighted by molar-refractivity contribution is 5.29. The monoisotopic (exact) mass is 252 g/mol. The van der Waals surface area contributed by atoms with E-state index >= 15 is 0 Å². The molecule has 0 bridgehead atoms. The number of hydrogen-bond donors (Lipinski definition) is 1. The van der Waals surface area contributed by atoms with E-state index in [-0.39, 0.29) is 17.7 Å². The van der Waals surface area contributed by atoms with Crippen LogP contribution in [0.4, 0.5) is 4.39 Å². The molecule has 1 aromatic rings. The van der Waals surface area contributed by atoms with Crippen molar-refractivity contribution in [2.45, 2.75) is 38.7 Å². The Kier molecular flexibility index (Phi) is 4.23. The highest BCUT2D eigenvalue weighted by Crippen LogP contribution is 2.33. The Morgan fingerprint density at radius 2 is 2.22 bits per heavy atom. The smallest absolute Gasteiger partial charge is 0.165 e. The number of aliphatic hydroxyl groups is 1. The standard InChI is InChI=1S/C15H21FO2/c1-10-3-5-12(7-10)14(17)9-11-4-6-15(18-2)13(16)8-11/h4,6,8,10,12,14,17H,3,5,7,9H2,1-2H3. The summed E-state index contributed by atoms with van der Waals surface area (Å²) in [4.78, 5) is 0. The minimum Gasteiger partial charge on any atom is -0.494 e. The molecule has 1 aliphatic rings. The van der Waals surface area contributed by atoms with Crippen molar-refractivity contribution in [3.8, 4) is 5.75 Å². The van der Waals surface area contributed by atoms with Crippen LogP contribution >= 0.6 is 0 Å². The normalized spacial score (nSPS) is 25.1. The third kappa shape index (κ3) is 3.02. The van der Waals surface area contributed by atoms with Crippen molar-refractivity contribution in [1.82, 2.24) is 0 Å². The molecule has 0 radical (unpaired) electrons. The third-order valence-corrected chi connectivity index (χ3v) is 3.94. The maximum absolute atomic E-state index is 13.5. The Labute approximate surface area is 108 Å². The lowest BCUT2D eigenvalue weighted by molar-refractivity contribution is 0.109. The summed E-state index contributed by atoms with van der Waals surface area (Å²) in [5, 5.41) is 10.2. The second kappa shape index (κ2) is 5.70. The predicted octanol–water partition coefficient (Wildman–Crippen LogP) is 3.17.